The second-order valence-electron chi connectivity index (χ2n) is 7.32. The molecule has 0 fully saturated rings. The monoisotopic (exact) mass is 497 g/mol. The highest BCUT2D eigenvalue weighted by atomic mass is 127. The number of guanidine groups is 1. The quantitative estimate of drug-likeness (QED) is 0.237. The first-order valence-corrected chi connectivity index (χ1v) is 10.0. The fourth-order valence-electron chi connectivity index (χ4n) is 3.38. The Bertz CT molecular complexity index is 724. The first kappa shape index (κ1) is 24.5. The van der Waals surface area contributed by atoms with Crippen LogP contribution in [0, 0.1) is 13.8 Å². The Hall–Kier alpha value is -1.57. The van der Waals surface area contributed by atoms with Crippen molar-refractivity contribution >= 4 is 29.9 Å². The lowest BCUT2D eigenvalue weighted by Gasteiger charge is -2.18. The van der Waals surface area contributed by atoms with Crippen LogP contribution < -0.4 is 10.6 Å². The highest BCUT2D eigenvalue weighted by Gasteiger charge is 2.13. The fraction of sp³-hybridized carbons (Fsp3) is 0.545. The van der Waals surface area contributed by atoms with Crippen molar-refractivity contribution in [2.45, 2.75) is 58.9 Å². The third kappa shape index (κ3) is 7.81. The number of benzene rings is 1. The summed E-state index contributed by atoms with van der Waals surface area (Å²) < 4.78 is 1.96. The molecule has 0 aliphatic rings. The highest BCUT2D eigenvalue weighted by Crippen LogP contribution is 2.14. The van der Waals surface area contributed by atoms with Crippen LogP contribution in [0.25, 0.3) is 0 Å². The molecule has 156 valence electrons. The summed E-state index contributed by atoms with van der Waals surface area (Å²) in [6.45, 7) is 7.35. The molecule has 0 amide bonds. The smallest absolute Gasteiger partial charge is 0.191 e. The topological polar surface area (TPSA) is 54.2 Å². The van der Waals surface area contributed by atoms with E-state index in [0.29, 0.717) is 6.04 Å². The van der Waals surface area contributed by atoms with Crippen LogP contribution in [0.1, 0.15) is 48.7 Å². The van der Waals surface area contributed by atoms with Crippen molar-refractivity contribution in [1.82, 2.24) is 20.4 Å². The van der Waals surface area contributed by atoms with Crippen molar-refractivity contribution in [1.29, 1.82) is 0 Å². The minimum absolute atomic E-state index is 0. The molecule has 0 saturated heterocycles. The number of aryl methyl sites for hydroxylation is 3. The molecule has 0 radical (unpaired) electrons. The molecule has 5 nitrogen and oxygen atoms in total. The van der Waals surface area contributed by atoms with Crippen molar-refractivity contribution in [3.05, 3.63) is 52.8 Å². The van der Waals surface area contributed by atoms with Gasteiger partial charge in [0.1, 0.15) is 0 Å². The molecule has 1 aromatic heterocycles. The Balaban J connectivity index is 0.00000392. The average molecular weight is 497 g/mol. The zero-order valence-corrected chi connectivity index (χ0v) is 20.3. The second-order valence-corrected chi connectivity index (χ2v) is 7.32. The molecule has 0 saturated carbocycles. The predicted octanol–water partition coefficient (Wildman–Crippen LogP) is 4.16. The number of aromatic nitrogens is 2. The lowest BCUT2D eigenvalue weighted by atomic mass is 10.1. The Morgan fingerprint density at radius 2 is 1.86 bits per heavy atom. The molecule has 1 atom stereocenters. The van der Waals surface area contributed by atoms with Crippen LogP contribution in [-0.4, -0.2) is 35.4 Å². The second kappa shape index (κ2) is 12.8. The van der Waals surface area contributed by atoms with E-state index >= 15 is 0 Å². The van der Waals surface area contributed by atoms with E-state index in [1.165, 1.54) is 29.7 Å². The Morgan fingerprint density at radius 1 is 1.14 bits per heavy atom. The summed E-state index contributed by atoms with van der Waals surface area (Å²) in [4.78, 5) is 4.36. The van der Waals surface area contributed by atoms with Gasteiger partial charge in [-0.15, -0.1) is 24.0 Å². The molecule has 2 N–H and O–H groups in total. The van der Waals surface area contributed by atoms with E-state index < -0.39 is 0 Å². The van der Waals surface area contributed by atoms with Crippen molar-refractivity contribution in [3.63, 3.8) is 0 Å². The standard InChI is InChI=1S/C22H35N5.HI/c1-17(16-21-18(2)26-27(5)19(21)3)25-22(23-4)24-15-11-7-10-14-20-12-8-6-9-13-20;/h6,8-9,12-13,17H,7,10-11,14-16H2,1-5H3,(H2,23,24,25);1H. The third-order valence-corrected chi connectivity index (χ3v) is 5.05. The van der Waals surface area contributed by atoms with Gasteiger partial charge in [0.25, 0.3) is 0 Å². The van der Waals surface area contributed by atoms with Gasteiger partial charge in [0.2, 0.25) is 0 Å². The highest BCUT2D eigenvalue weighted by molar-refractivity contribution is 14.0. The first-order chi connectivity index (χ1) is 13.0. The largest absolute Gasteiger partial charge is 0.356 e. The average Bonchev–Trinajstić information content (AvgIpc) is 2.90. The molecule has 0 spiro atoms. The molecule has 2 rings (SSSR count). The number of aliphatic imine (C=N–C) groups is 1. The van der Waals surface area contributed by atoms with E-state index in [9.17, 15) is 0 Å². The summed E-state index contributed by atoms with van der Waals surface area (Å²) >= 11 is 0. The predicted molar refractivity (Wildman–Crippen MR) is 130 cm³/mol. The summed E-state index contributed by atoms with van der Waals surface area (Å²) in [5.74, 6) is 0.879. The Labute approximate surface area is 187 Å². The summed E-state index contributed by atoms with van der Waals surface area (Å²) in [6, 6.07) is 11.0. The van der Waals surface area contributed by atoms with Crippen molar-refractivity contribution in [3.8, 4) is 0 Å². The minimum atomic E-state index is 0. The molecular formula is C22H36IN5. The van der Waals surface area contributed by atoms with Gasteiger partial charge in [0.05, 0.1) is 5.69 Å². The lowest BCUT2D eigenvalue weighted by molar-refractivity contribution is 0.618. The normalized spacial score (nSPS) is 12.4. The maximum atomic E-state index is 4.51. The minimum Gasteiger partial charge on any atom is -0.356 e. The summed E-state index contributed by atoms with van der Waals surface area (Å²) in [7, 11) is 3.83. The summed E-state index contributed by atoms with van der Waals surface area (Å²) in [6.07, 6.45) is 5.72. The maximum absolute atomic E-state index is 4.51. The van der Waals surface area contributed by atoms with Crippen LogP contribution in [0.15, 0.2) is 35.3 Å². The fourth-order valence-corrected chi connectivity index (χ4v) is 3.38. The van der Waals surface area contributed by atoms with Gasteiger partial charge < -0.3 is 10.6 Å². The number of nitrogens with zero attached hydrogens (tertiary/aromatic N) is 3. The van der Waals surface area contributed by atoms with E-state index in [-0.39, 0.29) is 24.0 Å². The van der Waals surface area contributed by atoms with Gasteiger partial charge in [-0.2, -0.15) is 5.10 Å². The van der Waals surface area contributed by atoms with Crippen molar-refractivity contribution in [2.75, 3.05) is 13.6 Å². The Kier molecular flexibility index (Phi) is 11.2. The van der Waals surface area contributed by atoms with Gasteiger partial charge in [-0.25, -0.2) is 0 Å². The lowest BCUT2D eigenvalue weighted by Crippen LogP contribution is -2.43. The molecule has 0 aliphatic carbocycles. The van der Waals surface area contributed by atoms with Gasteiger partial charge in [0, 0.05) is 32.4 Å². The molecule has 28 heavy (non-hydrogen) atoms. The van der Waals surface area contributed by atoms with E-state index in [1.54, 1.807) is 0 Å². The number of halogens is 1. The third-order valence-electron chi connectivity index (χ3n) is 5.05. The molecule has 1 heterocycles. The van der Waals surface area contributed by atoms with Gasteiger partial charge in [-0.05, 0) is 57.6 Å². The SMILES string of the molecule is CN=C(NCCCCCc1ccccc1)NC(C)Cc1c(C)nn(C)c1C.I. The molecular weight excluding hydrogens is 461 g/mol. The zero-order chi connectivity index (χ0) is 19.6. The van der Waals surface area contributed by atoms with Crippen LogP contribution in [-0.2, 0) is 19.9 Å². The Morgan fingerprint density at radius 3 is 2.46 bits per heavy atom. The molecule has 0 aliphatic heterocycles. The van der Waals surface area contributed by atoms with E-state index in [4.69, 9.17) is 0 Å². The van der Waals surface area contributed by atoms with Crippen molar-refractivity contribution < 1.29 is 0 Å². The van der Waals surface area contributed by atoms with E-state index in [1.807, 2.05) is 18.8 Å². The molecule has 0 bridgehead atoms. The zero-order valence-electron chi connectivity index (χ0n) is 18.0. The van der Waals surface area contributed by atoms with Crippen molar-refractivity contribution in [2.24, 2.45) is 12.0 Å². The van der Waals surface area contributed by atoms with Crippen LogP contribution in [0.4, 0.5) is 0 Å². The maximum Gasteiger partial charge on any atom is 0.191 e. The molecule has 2 aromatic rings. The van der Waals surface area contributed by atoms with E-state index in [2.05, 4.69) is 71.8 Å². The van der Waals surface area contributed by atoms with Gasteiger partial charge in [-0.1, -0.05) is 36.8 Å². The number of rotatable bonds is 9. The summed E-state index contributed by atoms with van der Waals surface area (Å²) in [5.41, 5.74) is 5.11. The molecule has 1 unspecified atom stereocenters. The number of hydrogen-bond donors (Lipinski definition) is 2. The van der Waals surface area contributed by atoms with Gasteiger partial charge in [0.15, 0.2) is 5.96 Å². The van der Waals surface area contributed by atoms with E-state index in [0.717, 1.165) is 37.5 Å². The number of hydrogen-bond acceptors (Lipinski definition) is 2. The van der Waals surface area contributed by atoms with Gasteiger partial charge >= 0.3 is 0 Å². The summed E-state index contributed by atoms with van der Waals surface area (Å²) in [5, 5.41) is 11.4. The van der Waals surface area contributed by atoms with Crippen LogP contribution in [0.2, 0.25) is 0 Å². The molecule has 1 aromatic carbocycles. The molecule has 6 heteroatoms. The number of nitrogens with one attached hydrogen (secondary N) is 2. The van der Waals surface area contributed by atoms with Crippen LogP contribution >= 0.6 is 24.0 Å². The number of unbranched alkanes of at least 4 members (excludes halogenated alkanes) is 2. The van der Waals surface area contributed by atoms with Crippen LogP contribution in [0.3, 0.4) is 0 Å². The van der Waals surface area contributed by atoms with Gasteiger partial charge in [-0.3, -0.25) is 9.67 Å². The first-order valence-electron chi connectivity index (χ1n) is 10.0. The van der Waals surface area contributed by atoms with Crippen LogP contribution in [0.5, 0.6) is 0 Å².